The maximum absolute atomic E-state index is 13.2. The monoisotopic (exact) mass is 295 g/mol. The van der Waals surface area contributed by atoms with E-state index in [1.807, 2.05) is 0 Å². The molecule has 1 aromatic carbocycles. The summed E-state index contributed by atoms with van der Waals surface area (Å²) < 4.78 is 41.4. The van der Waals surface area contributed by atoms with Crippen molar-refractivity contribution in [3.63, 3.8) is 0 Å². The number of rotatable bonds is 5. The van der Waals surface area contributed by atoms with Gasteiger partial charge in [0.05, 0.1) is 21.7 Å². The zero-order chi connectivity index (χ0) is 13.9. The van der Waals surface area contributed by atoms with Gasteiger partial charge in [-0.3, -0.25) is 0 Å². The van der Waals surface area contributed by atoms with E-state index in [2.05, 4.69) is 0 Å². The second kappa shape index (κ2) is 5.75. The van der Waals surface area contributed by atoms with Crippen LogP contribution in [0, 0.1) is 5.82 Å². The predicted octanol–water partition coefficient (Wildman–Crippen LogP) is 2.26. The molecule has 0 fully saturated rings. The average molecular weight is 296 g/mol. The van der Waals surface area contributed by atoms with Crippen molar-refractivity contribution >= 4 is 27.1 Å². The van der Waals surface area contributed by atoms with Crippen molar-refractivity contribution < 1.29 is 17.5 Å². The molecule has 0 aliphatic heterocycles. The molecule has 1 aromatic rings. The van der Waals surface area contributed by atoms with Crippen LogP contribution in [0.15, 0.2) is 12.1 Å². The summed E-state index contributed by atoms with van der Waals surface area (Å²) >= 11 is 5.79. The smallest absolute Gasteiger partial charge is 0.155 e. The Morgan fingerprint density at radius 1 is 1.44 bits per heavy atom. The van der Waals surface area contributed by atoms with Crippen LogP contribution in [0.3, 0.4) is 0 Å². The molecular formula is C11H15ClFNO3S. The van der Waals surface area contributed by atoms with Crippen molar-refractivity contribution in [2.75, 3.05) is 18.1 Å². The molecule has 0 amide bonds. The number of sulfone groups is 1. The highest BCUT2D eigenvalue weighted by atomic mass is 35.5. The lowest BCUT2D eigenvalue weighted by Crippen LogP contribution is -2.22. The van der Waals surface area contributed by atoms with Crippen LogP contribution in [0.25, 0.3) is 0 Å². The number of halogens is 2. The largest absolute Gasteiger partial charge is 0.491 e. The van der Waals surface area contributed by atoms with Crippen LogP contribution in [0.5, 0.6) is 5.75 Å². The predicted molar refractivity (Wildman–Crippen MR) is 70.2 cm³/mol. The fourth-order valence-electron chi connectivity index (χ4n) is 1.16. The molecule has 102 valence electrons. The maximum atomic E-state index is 13.2. The van der Waals surface area contributed by atoms with E-state index in [4.69, 9.17) is 22.1 Å². The third-order valence-corrected chi connectivity index (χ3v) is 4.86. The Morgan fingerprint density at radius 2 is 2.06 bits per heavy atom. The van der Waals surface area contributed by atoms with Crippen molar-refractivity contribution in [2.45, 2.75) is 19.1 Å². The Bertz CT molecular complexity index is 531. The first-order valence-corrected chi connectivity index (χ1v) is 7.42. The Kier molecular flexibility index (Phi) is 4.81. The summed E-state index contributed by atoms with van der Waals surface area (Å²) in [6.45, 7) is 3.10. The molecule has 2 N–H and O–H groups in total. The van der Waals surface area contributed by atoms with Gasteiger partial charge in [0, 0.05) is 6.07 Å². The lowest BCUT2D eigenvalue weighted by Gasteiger charge is -2.11. The molecule has 0 atom stereocenters. The Morgan fingerprint density at radius 3 is 2.61 bits per heavy atom. The Hall–Kier alpha value is -1.01. The van der Waals surface area contributed by atoms with Crippen molar-refractivity contribution in [3.8, 4) is 5.75 Å². The lowest BCUT2D eigenvalue weighted by molar-refractivity contribution is 0.339. The average Bonchev–Trinajstić information content (AvgIpc) is 2.25. The standard InChI is InChI=1S/C11H15ClFNO3S/c1-7(2)18(15,16)4-3-17-11-6-9(13)10(14)5-8(11)12/h5-7H,3-4,14H2,1-2H3. The normalized spacial score (nSPS) is 11.8. The molecule has 0 bridgehead atoms. The molecule has 0 aliphatic carbocycles. The zero-order valence-electron chi connectivity index (χ0n) is 10.1. The fourth-order valence-corrected chi connectivity index (χ4v) is 2.17. The van der Waals surface area contributed by atoms with E-state index in [0.717, 1.165) is 6.07 Å². The molecule has 7 heteroatoms. The van der Waals surface area contributed by atoms with Crippen LogP contribution < -0.4 is 10.5 Å². The number of nitrogen functional groups attached to an aromatic ring is 1. The van der Waals surface area contributed by atoms with Crippen LogP contribution in [0.1, 0.15) is 13.8 Å². The van der Waals surface area contributed by atoms with E-state index in [0.29, 0.717) is 0 Å². The summed E-state index contributed by atoms with van der Waals surface area (Å²) in [4.78, 5) is 0. The topological polar surface area (TPSA) is 69.4 Å². The van der Waals surface area contributed by atoms with E-state index in [-0.39, 0.29) is 28.8 Å². The first-order chi connectivity index (χ1) is 8.24. The van der Waals surface area contributed by atoms with Crippen molar-refractivity contribution in [1.29, 1.82) is 0 Å². The summed E-state index contributed by atoms with van der Waals surface area (Å²) in [7, 11) is -3.19. The van der Waals surface area contributed by atoms with E-state index in [9.17, 15) is 12.8 Å². The second-order valence-corrected chi connectivity index (χ2v) is 7.15. The van der Waals surface area contributed by atoms with Crippen LogP contribution in [0.4, 0.5) is 10.1 Å². The highest BCUT2D eigenvalue weighted by molar-refractivity contribution is 7.91. The van der Waals surface area contributed by atoms with Crippen LogP contribution >= 0.6 is 11.6 Å². The molecule has 0 saturated carbocycles. The van der Waals surface area contributed by atoms with Gasteiger partial charge in [0.15, 0.2) is 9.84 Å². The first-order valence-electron chi connectivity index (χ1n) is 5.33. The highest BCUT2D eigenvalue weighted by Gasteiger charge is 2.16. The maximum Gasteiger partial charge on any atom is 0.155 e. The molecule has 4 nitrogen and oxygen atoms in total. The summed E-state index contributed by atoms with van der Waals surface area (Å²) in [5.41, 5.74) is 5.23. The third kappa shape index (κ3) is 3.74. The van der Waals surface area contributed by atoms with Crippen LogP contribution in [-0.2, 0) is 9.84 Å². The highest BCUT2D eigenvalue weighted by Crippen LogP contribution is 2.28. The minimum Gasteiger partial charge on any atom is -0.491 e. The van der Waals surface area contributed by atoms with Crippen molar-refractivity contribution in [1.82, 2.24) is 0 Å². The number of ether oxygens (including phenoxy) is 1. The van der Waals surface area contributed by atoms with E-state index in [1.165, 1.54) is 6.07 Å². The summed E-state index contributed by atoms with van der Waals surface area (Å²) in [5, 5.41) is -0.324. The quantitative estimate of drug-likeness (QED) is 0.846. The van der Waals surface area contributed by atoms with Gasteiger partial charge in [0.2, 0.25) is 0 Å². The number of nitrogens with two attached hydrogens (primary N) is 1. The van der Waals surface area contributed by atoms with Crippen molar-refractivity contribution in [2.24, 2.45) is 0 Å². The van der Waals surface area contributed by atoms with E-state index >= 15 is 0 Å². The van der Waals surface area contributed by atoms with Gasteiger partial charge < -0.3 is 10.5 Å². The number of benzene rings is 1. The number of hydrogen-bond acceptors (Lipinski definition) is 4. The molecule has 0 aromatic heterocycles. The van der Waals surface area contributed by atoms with Gasteiger partial charge in [-0.2, -0.15) is 0 Å². The first kappa shape index (κ1) is 15.0. The summed E-state index contributed by atoms with van der Waals surface area (Å²) in [6.07, 6.45) is 0. The Balaban J connectivity index is 2.68. The molecule has 0 radical (unpaired) electrons. The number of hydrogen-bond donors (Lipinski definition) is 1. The van der Waals surface area contributed by atoms with Gasteiger partial charge in [0.1, 0.15) is 18.2 Å². The Labute approximate surface area is 111 Å². The number of anilines is 1. The zero-order valence-corrected chi connectivity index (χ0v) is 11.7. The second-order valence-electron chi connectivity index (χ2n) is 4.07. The molecular weight excluding hydrogens is 281 g/mol. The van der Waals surface area contributed by atoms with E-state index < -0.39 is 20.9 Å². The fraction of sp³-hybridized carbons (Fsp3) is 0.455. The SMILES string of the molecule is CC(C)S(=O)(=O)CCOc1cc(F)c(N)cc1Cl. The molecule has 0 unspecified atom stereocenters. The van der Waals surface area contributed by atoms with Gasteiger partial charge in [0.25, 0.3) is 0 Å². The van der Waals surface area contributed by atoms with Gasteiger partial charge in [-0.05, 0) is 19.9 Å². The molecule has 1 rings (SSSR count). The van der Waals surface area contributed by atoms with E-state index in [1.54, 1.807) is 13.8 Å². The molecule has 0 aliphatic rings. The van der Waals surface area contributed by atoms with Crippen molar-refractivity contribution in [3.05, 3.63) is 23.0 Å². The van der Waals surface area contributed by atoms with Gasteiger partial charge in [-0.25, -0.2) is 12.8 Å². The molecule has 0 spiro atoms. The minimum atomic E-state index is -3.19. The van der Waals surface area contributed by atoms with Gasteiger partial charge in [-0.1, -0.05) is 11.6 Å². The lowest BCUT2D eigenvalue weighted by atomic mass is 10.3. The molecule has 0 heterocycles. The van der Waals surface area contributed by atoms with Gasteiger partial charge in [-0.15, -0.1) is 0 Å². The minimum absolute atomic E-state index is 0.0798. The van der Waals surface area contributed by atoms with Crippen LogP contribution in [-0.4, -0.2) is 26.0 Å². The summed E-state index contributed by atoms with van der Waals surface area (Å²) in [5.74, 6) is -0.712. The summed E-state index contributed by atoms with van der Waals surface area (Å²) in [6, 6.07) is 2.27. The van der Waals surface area contributed by atoms with Crippen LogP contribution in [0.2, 0.25) is 5.02 Å². The van der Waals surface area contributed by atoms with Gasteiger partial charge >= 0.3 is 0 Å². The third-order valence-electron chi connectivity index (χ3n) is 2.39. The molecule has 18 heavy (non-hydrogen) atoms. The molecule has 0 saturated heterocycles.